The summed E-state index contributed by atoms with van der Waals surface area (Å²) >= 11 is 18.6. The minimum Gasteiger partial charge on any atom is -0.466 e. The number of allylic oxidation sites excluding steroid dienone is 2. The van der Waals surface area contributed by atoms with Crippen LogP contribution in [0.5, 0.6) is 0 Å². The molecule has 4 nitrogen and oxygen atoms in total. The summed E-state index contributed by atoms with van der Waals surface area (Å²) in [6, 6.07) is 5.31. The number of hydrogen-bond donors (Lipinski definition) is 2. The van der Waals surface area contributed by atoms with Gasteiger partial charge in [-0.05, 0) is 56.2 Å². The zero-order chi connectivity index (χ0) is 21.2. The molecule has 1 aromatic rings. The van der Waals surface area contributed by atoms with Crippen LogP contribution in [-0.2, 0) is 9.53 Å². The van der Waals surface area contributed by atoms with E-state index in [1.165, 1.54) is 0 Å². The predicted molar refractivity (Wildman–Crippen MR) is 121 cm³/mol. The van der Waals surface area contributed by atoms with Gasteiger partial charge in [0, 0.05) is 40.0 Å². The number of carbonyl (C=O) groups excluding carboxylic acids is 1. The van der Waals surface area contributed by atoms with E-state index in [9.17, 15) is 9.90 Å². The van der Waals surface area contributed by atoms with Crippen molar-refractivity contribution in [1.82, 2.24) is 0 Å². The van der Waals surface area contributed by atoms with Gasteiger partial charge >= 0.3 is 5.97 Å². The Morgan fingerprint density at radius 1 is 1.24 bits per heavy atom. The highest BCUT2D eigenvalue weighted by molar-refractivity contribution is 6.35. The fraction of sp³-hybridized carbons (Fsp3) is 0.591. The van der Waals surface area contributed by atoms with Gasteiger partial charge in [-0.25, -0.2) is 0 Å². The predicted octanol–water partition coefficient (Wildman–Crippen LogP) is 6.08. The number of benzene rings is 1. The van der Waals surface area contributed by atoms with Crippen molar-refractivity contribution in [2.45, 2.75) is 56.9 Å². The van der Waals surface area contributed by atoms with Gasteiger partial charge < -0.3 is 15.2 Å². The van der Waals surface area contributed by atoms with E-state index in [2.05, 4.69) is 17.5 Å². The minimum absolute atomic E-state index is 0.0453. The van der Waals surface area contributed by atoms with Crippen LogP contribution in [0.2, 0.25) is 10.0 Å². The summed E-state index contributed by atoms with van der Waals surface area (Å²) in [4.78, 5) is 11.5. The Morgan fingerprint density at radius 2 is 1.97 bits per heavy atom. The summed E-state index contributed by atoms with van der Waals surface area (Å²) in [5.74, 6) is 0.0933. The molecule has 0 amide bonds. The standard InChI is InChI=1S/C22H30Cl3NO3/c1-2-9-29-22(28)8-6-4-3-5-7-18-19(21(27)13-20(18)25)14-26-17-11-15(23)10-16(24)12-17/h3,5,10-12,18-21,26-27H,2,4,6-9,13-14H2,1H3/b5-3-/t18-,19-,20-,21-/m1/s1. The lowest BCUT2D eigenvalue weighted by molar-refractivity contribution is -0.143. The van der Waals surface area contributed by atoms with Gasteiger partial charge in [0.25, 0.3) is 0 Å². The second-order valence-electron chi connectivity index (χ2n) is 7.51. The summed E-state index contributed by atoms with van der Waals surface area (Å²) < 4.78 is 5.07. The second-order valence-corrected chi connectivity index (χ2v) is 8.94. The molecule has 0 unspecified atom stereocenters. The molecule has 1 aliphatic carbocycles. The van der Waals surface area contributed by atoms with Gasteiger partial charge in [0.05, 0.1) is 12.7 Å². The quantitative estimate of drug-likeness (QED) is 0.181. The molecule has 29 heavy (non-hydrogen) atoms. The average molecular weight is 463 g/mol. The third-order valence-corrected chi connectivity index (χ3v) is 6.11. The Kier molecular flexibility index (Phi) is 10.6. The number of aliphatic hydroxyl groups is 1. The fourth-order valence-electron chi connectivity index (χ4n) is 3.66. The number of esters is 1. The highest BCUT2D eigenvalue weighted by Crippen LogP contribution is 2.39. The number of ether oxygens (including phenoxy) is 1. The lowest BCUT2D eigenvalue weighted by atomic mass is 9.91. The van der Waals surface area contributed by atoms with Crippen LogP contribution in [0, 0.1) is 11.8 Å². The molecule has 7 heteroatoms. The van der Waals surface area contributed by atoms with Gasteiger partial charge in [0.2, 0.25) is 0 Å². The first kappa shape index (κ1) is 24.3. The van der Waals surface area contributed by atoms with Crippen molar-refractivity contribution >= 4 is 46.5 Å². The molecule has 0 aromatic heterocycles. The van der Waals surface area contributed by atoms with Crippen molar-refractivity contribution in [1.29, 1.82) is 0 Å². The Labute approximate surface area is 188 Å². The lowest BCUT2D eigenvalue weighted by Crippen LogP contribution is -2.28. The summed E-state index contributed by atoms with van der Waals surface area (Å²) in [6.07, 6.45) is 8.04. The Hall–Kier alpha value is -0.940. The molecule has 1 fully saturated rings. The largest absolute Gasteiger partial charge is 0.466 e. The molecule has 0 bridgehead atoms. The molecular formula is C22H30Cl3NO3. The summed E-state index contributed by atoms with van der Waals surface area (Å²) in [6.45, 7) is 3.07. The lowest BCUT2D eigenvalue weighted by Gasteiger charge is -2.23. The van der Waals surface area contributed by atoms with Crippen molar-refractivity contribution in [2.75, 3.05) is 18.5 Å². The van der Waals surface area contributed by atoms with E-state index in [1.54, 1.807) is 6.07 Å². The van der Waals surface area contributed by atoms with Crippen LogP contribution in [0.15, 0.2) is 30.4 Å². The van der Waals surface area contributed by atoms with Crippen LogP contribution in [0.4, 0.5) is 5.69 Å². The van der Waals surface area contributed by atoms with Crippen molar-refractivity contribution in [3.8, 4) is 0 Å². The monoisotopic (exact) mass is 461 g/mol. The van der Waals surface area contributed by atoms with Gasteiger partial charge in [0.15, 0.2) is 0 Å². The van der Waals surface area contributed by atoms with Gasteiger partial charge in [-0.2, -0.15) is 0 Å². The molecule has 0 spiro atoms. The van der Waals surface area contributed by atoms with Crippen LogP contribution in [0.1, 0.15) is 45.4 Å². The Morgan fingerprint density at radius 3 is 2.66 bits per heavy atom. The van der Waals surface area contributed by atoms with Gasteiger partial charge in [-0.3, -0.25) is 4.79 Å². The third kappa shape index (κ3) is 8.37. The van der Waals surface area contributed by atoms with Crippen molar-refractivity contribution in [3.63, 3.8) is 0 Å². The smallest absolute Gasteiger partial charge is 0.305 e. The van der Waals surface area contributed by atoms with E-state index in [4.69, 9.17) is 39.5 Å². The topological polar surface area (TPSA) is 58.6 Å². The number of carbonyl (C=O) groups is 1. The van der Waals surface area contributed by atoms with E-state index >= 15 is 0 Å². The van der Waals surface area contributed by atoms with Crippen LogP contribution >= 0.6 is 34.8 Å². The summed E-state index contributed by atoms with van der Waals surface area (Å²) in [7, 11) is 0. The molecule has 1 saturated carbocycles. The van der Waals surface area contributed by atoms with Crippen molar-refractivity contribution in [2.24, 2.45) is 11.8 Å². The van der Waals surface area contributed by atoms with E-state index in [0.29, 0.717) is 36.0 Å². The van der Waals surface area contributed by atoms with E-state index in [0.717, 1.165) is 31.4 Å². The molecule has 0 heterocycles. The zero-order valence-electron chi connectivity index (χ0n) is 16.8. The molecule has 162 valence electrons. The van der Waals surface area contributed by atoms with E-state index in [-0.39, 0.29) is 23.2 Å². The molecule has 2 rings (SSSR count). The number of hydrogen-bond acceptors (Lipinski definition) is 4. The number of aliphatic hydroxyl groups excluding tert-OH is 1. The van der Waals surface area contributed by atoms with Gasteiger partial charge in [-0.1, -0.05) is 42.3 Å². The first-order valence-electron chi connectivity index (χ1n) is 10.2. The SMILES string of the molecule is CCCOC(=O)CCC/C=C\C[C@@H]1[C@@H](CNc2cc(Cl)cc(Cl)c2)[C@H](O)C[C@H]1Cl. The summed E-state index contributed by atoms with van der Waals surface area (Å²) in [5.41, 5.74) is 0.831. The molecule has 1 aliphatic rings. The Balaban J connectivity index is 1.79. The minimum atomic E-state index is -0.439. The second kappa shape index (κ2) is 12.7. The van der Waals surface area contributed by atoms with Crippen molar-refractivity contribution in [3.05, 3.63) is 40.4 Å². The van der Waals surface area contributed by atoms with E-state index in [1.807, 2.05) is 19.1 Å². The number of rotatable bonds is 11. The number of alkyl halides is 1. The van der Waals surface area contributed by atoms with Crippen LogP contribution < -0.4 is 5.32 Å². The normalized spacial score (nSPS) is 24.2. The summed E-state index contributed by atoms with van der Waals surface area (Å²) in [5, 5.41) is 14.8. The highest BCUT2D eigenvalue weighted by Gasteiger charge is 2.40. The maximum atomic E-state index is 11.5. The molecule has 2 N–H and O–H groups in total. The Bertz CT molecular complexity index is 663. The first-order chi connectivity index (χ1) is 13.9. The van der Waals surface area contributed by atoms with Crippen LogP contribution in [0.25, 0.3) is 0 Å². The fourth-order valence-corrected chi connectivity index (χ4v) is 4.66. The highest BCUT2D eigenvalue weighted by atomic mass is 35.5. The number of halogens is 3. The average Bonchev–Trinajstić information content (AvgIpc) is 2.93. The third-order valence-electron chi connectivity index (χ3n) is 5.17. The molecule has 4 atom stereocenters. The molecule has 0 saturated heterocycles. The van der Waals surface area contributed by atoms with Crippen LogP contribution in [0.3, 0.4) is 0 Å². The molecule has 0 aliphatic heterocycles. The van der Waals surface area contributed by atoms with Crippen LogP contribution in [-0.4, -0.2) is 35.7 Å². The number of nitrogens with one attached hydrogen (secondary N) is 1. The zero-order valence-corrected chi connectivity index (χ0v) is 19.0. The molecule has 0 radical (unpaired) electrons. The molecular weight excluding hydrogens is 433 g/mol. The number of unbranched alkanes of at least 4 members (excludes halogenated alkanes) is 1. The van der Waals surface area contributed by atoms with Gasteiger partial charge in [0.1, 0.15) is 0 Å². The van der Waals surface area contributed by atoms with Gasteiger partial charge in [-0.15, -0.1) is 11.6 Å². The maximum Gasteiger partial charge on any atom is 0.305 e. The number of anilines is 1. The maximum absolute atomic E-state index is 11.5. The molecule has 1 aromatic carbocycles. The van der Waals surface area contributed by atoms with Crippen molar-refractivity contribution < 1.29 is 14.6 Å². The van der Waals surface area contributed by atoms with E-state index < -0.39 is 6.10 Å². The first-order valence-corrected chi connectivity index (χ1v) is 11.4.